The monoisotopic (exact) mass is 445 g/mol. The van der Waals surface area contributed by atoms with E-state index in [2.05, 4.69) is 20.9 Å². The van der Waals surface area contributed by atoms with E-state index < -0.39 is 0 Å². The largest absolute Gasteiger partial charge is 0.496 e. The van der Waals surface area contributed by atoms with Crippen LogP contribution in [-0.4, -0.2) is 57.4 Å². The highest BCUT2D eigenvalue weighted by molar-refractivity contribution is 5.92. The van der Waals surface area contributed by atoms with Crippen LogP contribution >= 0.6 is 0 Å². The number of benzene rings is 1. The van der Waals surface area contributed by atoms with Gasteiger partial charge in [-0.25, -0.2) is 4.98 Å². The number of para-hydroxylation sites is 1. The molecule has 2 aliphatic heterocycles. The summed E-state index contributed by atoms with van der Waals surface area (Å²) in [6.07, 6.45) is 3.06. The molecule has 2 aliphatic rings. The Kier molecular flexibility index (Phi) is 5.92. The second-order valence-electron chi connectivity index (χ2n) is 8.60. The number of nitrogens with one attached hydrogen (secondary N) is 1. The molecule has 1 amide bonds. The van der Waals surface area contributed by atoms with Gasteiger partial charge >= 0.3 is 0 Å². The number of hydrogen-bond acceptors (Lipinski definition) is 6. The molecule has 0 aliphatic carbocycles. The summed E-state index contributed by atoms with van der Waals surface area (Å²) in [5, 5.41) is 0. The molecule has 4 heterocycles. The standard InChI is InChI=1S/C25H27N5O3/c1-33-22-8-3-2-6-17(22)14-29-12-10-19-21(16-29)27-23(28-24(19)31)18-9-13-30(15-18)25(32)20-7-4-5-11-26-20/h2-8,11,18H,9-10,12-16H2,1H3,(H,27,28,31)/t18-/m1/s1. The van der Waals surface area contributed by atoms with Crippen LogP contribution < -0.4 is 10.3 Å². The quantitative estimate of drug-likeness (QED) is 0.648. The van der Waals surface area contributed by atoms with Crippen molar-refractivity contribution in [3.63, 3.8) is 0 Å². The number of methoxy groups -OCH3 is 1. The maximum absolute atomic E-state index is 12.8. The molecule has 3 aromatic rings. The third-order valence-corrected chi connectivity index (χ3v) is 6.50. The van der Waals surface area contributed by atoms with Crippen LogP contribution in [0.2, 0.25) is 0 Å². The first-order valence-electron chi connectivity index (χ1n) is 11.3. The molecular weight excluding hydrogens is 418 g/mol. The highest BCUT2D eigenvalue weighted by atomic mass is 16.5. The van der Waals surface area contributed by atoms with E-state index in [4.69, 9.17) is 9.72 Å². The summed E-state index contributed by atoms with van der Waals surface area (Å²) < 4.78 is 5.49. The van der Waals surface area contributed by atoms with E-state index in [-0.39, 0.29) is 17.4 Å². The molecule has 5 rings (SSSR count). The van der Waals surface area contributed by atoms with Crippen molar-refractivity contribution in [1.29, 1.82) is 0 Å². The number of rotatable bonds is 5. The van der Waals surface area contributed by atoms with Crippen molar-refractivity contribution in [2.45, 2.75) is 31.8 Å². The molecule has 1 fully saturated rings. The molecule has 1 N–H and O–H groups in total. The van der Waals surface area contributed by atoms with Crippen LogP contribution in [0.25, 0.3) is 0 Å². The molecule has 1 atom stereocenters. The van der Waals surface area contributed by atoms with Crippen molar-refractivity contribution in [2.75, 3.05) is 26.7 Å². The Morgan fingerprint density at radius 3 is 2.85 bits per heavy atom. The minimum Gasteiger partial charge on any atom is -0.496 e. The Balaban J connectivity index is 1.32. The van der Waals surface area contributed by atoms with Crippen LogP contribution in [-0.2, 0) is 19.5 Å². The fraction of sp³-hybridized carbons (Fsp3) is 0.360. The van der Waals surface area contributed by atoms with Crippen molar-refractivity contribution in [3.05, 3.63) is 87.4 Å². The number of hydrogen-bond donors (Lipinski definition) is 1. The Labute approximate surface area is 192 Å². The zero-order chi connectivity index (χ0) is 22.8. The molecule has 0 unspecified atom stereocenters. The second kappa shape index (κ2) is 9.15. The lowest BCUT2D eigenvalue weighted by Crippen LogP contribution is -2.36. The Morgan fingerprint density at radius 1 is 1.18 bits per heavy atom. The number of ether oxygens (including phenoxy) is 1. The molecule has 1 aromatic carbocycles. The van der Waals surface area contributed by atoms with Crippen LogP contribution in [0.3, 0.4) is 0 Å². The van der Waals surface area contributed by atoms with Gasteiger partial charge in [-0.1, -0.05) is 24.3 Å². The molecule has 170 valence electrons. The first-order chi connectivity index (χ1) is 16.1. The third-order valence-electron chi connectivity index (χ3n) is 6.50. The Bertz CT molecular complexity index is 1210. The van der Waals surface area contributed by atoms with Crippen molar-refractivity contribution in [2.24, 2.45) is 0 Å². The van der Waals surface area contributed by atoms with Gasteiger partial charge in [-0.05, 0) is 31.0 Å². The molecule has 2 aromatic heterocycles. The molecule has 33 heavy (non-hydrogen) atoms. The van der Waals surface area contributed by atoms with Gasteiger partial charge in [0.05, 0.1) is 12.8 Å². The fourth-order valence-corrected chi connectivity index (χ4v) is 4.74. The number of aromatic amines is 1. The van der Waals surface area contributed by atoms with Gasteiger partial charge in [-0.2, -0.15) is 0 Å². The lowest BCUT2D eigenvalue weighted by molar-refractivity contribution is 0.0784. The smallest absolute Gasteiger partial charge is 0.272 e. The van der Waals surface area contributed by atoms with Gasteiger partial charge in [-0.15, -0.1) is 0 Å². The average Bonchev–Trinajstić information content (AvgIpc) is 3.35. The summed E-state index contributed by atoms with van der Waals surface area (Å²) in [5.74, 6) is 1.47. The van der Waals surface area contributed by atoms with E-state index in [9.17, 15) is 9.59 Å². The summed E-state index contributed by atoms with van der Waals surface area (Å²) in [7, 11) is 1.68. The summed E-state index contributed by atoms with van der Waals surface area (Å²) in [4.78, 5) is 41.7. The minimum absolute atomic E-state index is 0.0141. The zero-order valence-electron chi connectivity index (χ0n) is 18.7. The van der Waals surface area contributed by atoms with Crippen molar-refractivity contribution in [3.8, 4) is 5.75 Å². The van der Waals surface area contributed by atoms with Gasteiger partial charge in [0.15, 0.2) is 0 Å². The highest BCUT2D eigenvalue weighted by Crippen LogP contribution is 2.27. The number of carbonyl (C=O) groups is 1. The first kappa shape index (κ1) is 21.3. The van der Waals surface area contributed by atoms with Crippen molar-refractivity contribution in [1.82, 2.24) is 24.8 Å². The molecule has 8 nitrogen and oxygen atoms in total. The van der Waals surface area contributed by atoms with Gasteiger partial charge in [0.25, 0.3) is 11.5 Å². The van der Waals surface area contributed by atoms with E-state index in [0.29, 0.717) is 37.6 Å². The number of amides is 1. The number of pyridine rings is 1. The predicted octanol–water partition coefficient (Wildman–Crippen LogP) is 2.36. The van der Waals surface area contributed by atoms with E-state index >= 15 is 0 Å². The second-order valence-corrected chi connectivity index (χ2v) is 8.60. The Morgan fingerprint density at radius 2 is 2.03 bits per heavy atom. The molecular formula is C25H27N5O3. The van der Waals surface area contributed by atoms with Gasteiger partial charge in [0.1, 0.15) is 17.3 Å². The normalized spacial score (nSPS) is 18.2. The number of likely N-dealkylation sites (tertiary alicyclic amines) is 1. The number of nitrogens with zero attached hydrogens (tertiary/aromatic N) is 4. The molecule has 1 saturated heterocycles. The summed E-state index contributed by atoms with van der Waals surface area (Å²) in [6, 6.07) is 13.3. The number of carbonyl (C=O) groups excluding carboxylic acids is 1. The van der Waals surface area contributed by atoms with E-state index in [0.717, 1.165) is 42.1 Å². The van der Waals surface area contributed by atoms with E-state index in [1.165, 1.54) is 0 Å². The van der Waals surface area contributed by atoms with Gasteiger partial charge in [-0.3, -0.25) is 19.5 Å². The van der Waals surface area contributed by atoms with Gasteiger partial charge < -0.3 is 14.6 Å². The molecule has 8 heteroatoms. The molecule has 0 radical (unpaired) electrons. The van der Waals surface area contributed by atoms with Crippen LogP contribution in [0.4, 0.5) is 0 Å². The summed E-state index contributed by atoms with van der Waals surface area (Å²) in [5.41, 5.74) is 3.12. The highest BCUT2D eigenvalue weighted by Gasteiger charge is 2.31. The summed E-state index contributed by atoms with van der Waals surface area (Å²) in [6.45, 7) is 3.31. The van der Waals surface area contributed by atoms with Gasteiger partial charge in [0, 0.05) is 56.0 Å². The predicted molar refractivity (Wildman–Crippen MR) is 123 cm³/mol. The summed E-state index contributed by atoms with van der Waals surface area (Å²) >= 11 is 0. The number of fused-ring (bicyclic) bond motifs is 1. The molecule has 0 spiro atoms. The molecule has 0 saturated carbocycles. The van der Waals surface area contributed by atoms with E-state index in [1.807, 2.05) is 24.3 Å². The van der Waals surface area contributed by atoms with Crippen molar-refractivity contribution >= 4 is 5.91 Å². The van der Waals surface area contributed by atoms with Crippen molar-refractivity contribution < 1.29 is 9.53 Å². The van der Waals surface area contributed by atoms with Gasteiger partial charge in [0.2, 0.25) is 0 Å². The minimum atomic E-state index is -0.0820. The van der Waals surface area contributed by atoms with E-state index in [1.54, 1.807) is 30.3 Å². The SMILES string of the molecule is COc1ccccc1CN1CCc2c(nc([C@@H]3CCN(C(=O)c4ccccn4)C3)[nH]c2=O)C1. The molecule has 0 bridgehead atoms. The fourth-order valence-electron chi connectivity index (χ4n) is 4.74. The lowest BCUT2D eigenvalue weighted by Gasteiger charge is -2.28. The lowest BCUT2D eigenvalue weighted by atomic mass is 10.0. The average molecular weight is 446 g/mol. The number of H-pyrrole nitrogens is 1. The maximum atomic E-state index is 12.8. The maximum Gasteiger partial charge on any atom is 0.272 e. The Hall–Kier alpha value is -3.52. The zero-order valence-corrected chi connectivity index (χ0v) is 18.7. The van der Waals surface area contributed by atoms with Crippen LogP contribution in [0, 0.1) is 0 Å². The first-order valence-corrected chi connectivity index (χ1v) is 11.3. The number of aromatic nitrogens is 3. The third kappa shape index (κ3) is 4.39. The topological polar surface area (TPSA) is 91.4 Å². The van der Waals surface area contributed by atoms with Crippen LogP contribution in [0.5, 0.6) is 5.75 Å². The van der Waals surface area contributed by atoms with Crippen LogP contribution in [0.1, 0.15) is 45.5 Å². The van der Waals surface area contributed by atoms with Crippen LogP contribution in [0.15, 0.2) is 53.5 Å².